The van der Waals surface area contributed by atoms with Gasteiger partial charge in [0.2, 0.25) is 17.7 Å². The van der Waals surface area contributed by atoms with Gasteiger partial charge in [0.15, 0.2) is 0 Å². The van der Waals surface area contributed by atoms with Crippen molar-refractivity contribution in [3.05, 3.63) is 95.6 Å². The van der Waals surface area contributed by atoms with Crippen LogP contribution in [0.5, 0.6) is 0 Å². The number of halogens is 1. The molecule has 3 aliphatic rings. The number of fused-ring (bicyclic) bond motifs is 6. The topological polar surface area (TPSA) is 154 Å². The zero-order valence-electron chi connectivity index (χ0n) is 31.2. The molecule has 0 spiro atoms. The average Bonchev–Trinajstić information content (AvgIpc) is 3.69. The second-order valence-electron chi connectivity index (χ2n) is 15.6. The number of carbonyl (C=O) groups is 5. The maximum absolute atomic E-state index is 14.0. The SMILES string of the molecule is CC(NC(=O)C(NC(=O)OCC1c2ccccc2-c2ccccc21)C(C)C)C(=O)Nc1cc2c(c3ccccc13)C(CCl)CN2C(=O)C1(C)CC(C(=O)O)C1. The summed E-state index contributed by atoms with van der Waals surface area (Å²) >= 11 is 6.45. The molecule has 1 saturated carbocycles. The molecule has 286 valence electrons. The molecule has 4 aromatic carbocycles. The van der Waals surface area contributed by atoms with E-state index in [4.69, 9.17) is 16.3 Å². The number of anilines is 2. The Morgan fingerprint density at radius 3 is 2.07 bits per heavy atom. The van der Waals surface area contributed by atoms with Crippen LogP contribution in [0.15, 0.2) is 78.9 Å². The summed E-state index contributed by atoms with van der Waals surface area (Å²) in [6.07, 6.45) is -0.234. The number of aliphatic carboxylic acids is 1. The number of benzene rings is 4. The third-order valence-electron chi connectivity index (χ3n) is 11.4. The molecule has 11 nitrogen and oxygen atoms in total. The first kappa shape index (κ1) is 37.9. The first-order valence-electron chi connectivity index (χ1n) is 18.7. The summed E-state index contributed by atoms with van der Waals surface area (Å²) in [5.74, 6) is -3.03. The van der Waals surface area contributed by atoms with Gasteiger partial charge in [-0.1, -0.05) is 93.6 Å². The summed E-state index contributed by atoms with van der Waals surface area (Å²) in [5.41, 5.74) is 5.51. The number of hydrogen-bond acceptors (Lipinski definition) is 6. The standard InChI is InChI=1S/C43H45ClN4O7/c1-23(2)37(47-42(54)55-22-33-29-13-7-5-11-27(29)28-12-6-8-14-30(28)33)39(50)45-24(3)38(49)46-34-17-35-36(32-16-10-9-15-31(32)34)26(20-44)21-48(35)41(53)43(4)18-25(19-43)40(51)52/h5-17,23-26,33,37H,18-22H2,1-4H3,(H,45,50)(H,46,49)(H,47,54)(H,51,52). The van der Waals surface area contributed by atoms with Gasteiger partial charge in [0, 0.05) is 40.7 Å². The molecule has 4 N–H and O–H groups in total. The van der Waals surface area contributed by atoms with E-state index < -0.39 is 47.3 Å². The summed E-state index contributed by atoms with van der Waals surface area (Å²) in [7, 11) is 0. The summed E-state index contributed by atoms with van der Waals surface area (Å²) in [6, 6.07) is 23.4. The van der Waals surface area contributed by atoms with Crippen molar-refractivity contribution in [1.82, 2.24) is 10.6 Å². The summed E-state index contributed by atoms with van der Waals surface area (Å²) in [6.45, 7) is 7.38. The molecule has 3 unspecified atom stereocenters. The van der Waals surface area contributed by atoms with Gasteiger partial charge in [0.1, 0.15) is 18.7 Å². The fourth-order valence-corrected chi connectivity index (χ4v) is 8.73. The zero-order valence-corrected chi connectivity index (χ0v) is 32.0. The van der Waals surface area contributed by atoms with Gasteiger partial charge < -0.3 is 30.7 Å². The van der Waals surface area contributed by atoms with Crippen LogP contribution < -0.4 is 20.9 Å². The first-order chi connectivity index (χ1) is 26.3. The van der Waals surface area contributed by atoms with E-state index in [1.54, 1.807) is 38.7 Å². The predicted molar refractivity (Wildman–Crippen MR) is 211 cm³/mol. The Morgan fingerprint density at radius 1 is 0.873 bits per heavy atom. The Labute approximate surface area is 324 Å². The highest BCUT2D eigenvalue weighted by molar-refractivity contribution is 6.19. The van der Waals surface area contributed by atoms with Crippen LogP contribution in [0.4, 0.5) is 16.2 Å². The van der Waals surface area contributed by atoms with Gasteiger partial charge in [-0.25, -0.2) is 4.79 Å². The van der Waals surface area contributed by atoms with Gasteiger partial charge in [0.25, 0.3) is 0 Å². The Morgan fingerprint density at radius 2 is 1.47 bits per heavy atom. The number of nitrogens with one attached hydrogen (secondary N) is 3. The lowest BCUT2D eigenvalue weighted by Crippen LogP contribution is -2.53. The smallest absolute Gasteiger partial charge is 0.407 e. The fourth-order valence-electron chi connectivity index (χ4n) is 8.48. The molecule has 4 aromatic rings. The number of ether oxygens (including phenoxy) is 1. The third-order valence-corrected chi connectivity index (χ3v) is 11.8. The average molecular weight is 765 g/mol. The lowest BCUT2D eigenvalue weighted by Gasteiger charge is -2.43. The number of nitrogens with zero attached hydrogens (tertiary/aromatic N) is 1. The van der Waals surface area contributed by atoms with Crippen molar-refractivity contribution in [3.8, 4) is 11.1 Å². The molecule has 55 heavy (non-hydrogen) atoms. The number of alkyl halides is 1. The molecule has 7 rings (SSSR count). The second-order valence-corrected chi connectivity index (χ2v) is 15.9. The van der Waals surface area contributed by atoms with Crippen molar-refractivity contribution >= 4 is 63.5 Å². The number of hydrogen-bond donors (Lipinski definition) is 4. The Bertz CT molecular complexity index is 2150. The van der Waals surface area contributed by atoms with E-state index in [9.17, 15) is 29.1 Å². The van der Waals surface area contributed by atoms with Crippen LogP contribution in [0.25, 0.3) is 21.9 Å². The molecular weight excluding hydrogens is 720 g/mol. The maximum Gasteiger partial charge on any atom is 0.407 e. The van der Waals surface area contributed by atoms with Crippen LogP contribution in [0.2, 0.25) is 0 Å². The highest BCUT2D eigenvalue weighted by atomic mass is 35.5. The molecule has 3 atom stereocenters. The molecule has 2 aliphatic carbocycles. The molecule has 1 heterocycles. The minimum atomic E-state index is -1.000. The Kier molecular flexibility index (Phi) is 10.3. The molecule has 12 heteroatoms. The molecule has 0 saturated heterocycles. The summed E-state index contributed by atoms with van der Waals surface area (Å²) in [5, 5.41) is 19.5. The van der Waals surface area contributed by atoms with E-state index in [1.807, 2.05) is 60.7 Å². The van der Waals surface area contributed by atoms with Crippen LogP contribution in [0, 0.1) is 17.3 Å². The lowest BCUT2D eigenvalue weighted by molar-refractivity contribution is -0.153. The molecule has 1 aliphatic heterocycles. The van der Waals surface area contributed by atoms with Gasteiger partial charge in [-0.15, -0.1) is 11.6 Å². The monoisotopic (exact) mass is 764 g/mol. The Hall–Kier alpha value is -5.42. The first-order valence-corrected chi connectivity index (χ1v) is 19.2. The molecule has 4 amide bonds. The number of amides is 4. The van der Waals surface area contributed by atoms with E-state index in [-0.39, 0.29) is 49.0 Å². The van der Waals surface area contributed by atoms with Crippen molar-refractivity contribution in [2.45, 2.75) is 64.5 Å². The van der Waals surface area contributed by atoms with Gasteiger partial charge in [0.05, 0.1) is 11.6 Å². The summed E-state index contributed by atoms with van der Waals surface area (Å²) < 4.78 is 5.70. The second kappa shape index (κ2) is 15.0. The minimum Gasteiger partial charge on any atom is -0.481 e. The van der Waals surface area contributed by atoms with Gasteiger partial charge in [-0.2, -0.15) is 0 Å². The molecule has 0 radical (unpaired) electrons. The van der Waals surface area contributed by atoms with Crippen LogP contribution in [-0.4, -0.2) is 66.0 Å². The maximum atomic E-state index is 14.0. The number of carboxylic acid groups (broad SMARTS) is 1. The van der Waals surface area contributed by atoms with E-state index >= 15 is 0 Å². The van der Waals surface area contributed by atoms with Crippen LogP contribution in [0.1, 0.15) is 69.1 Å². The van der Waals surface area contributed by atoms with E-state index in [1.165, 1.54) is 0 Å². The molecule has 0 bridgehead atoms. The van der Waals surface area contributed by atoms with Gasteiger partial charge in [-0.05, 0) is 65.0 Å². The van der Waals surface area contributed by atoms with E-state index in [0.29, 0.717) is 17.9 Å². The Balaban J connectivity index is 1.03. The molecule has 1 fully saturated rings. The van der Waals surface area contributed by atoms with Crippen LogP contribution >= 0.6 is 11.6 Å². The fraction of sp³-hybridized carbons (Fsp3) is 0.372. The molecule has 0 aromatic heterocycles. The third kappa shape index (κ3) is 7.01. The number of carboxylic acids is 1. The van der Waals surface area contributed by atoms with Crippen molar-refractivity contribution in [1.29, 1.82) is 0 Å². The molecular formula is C43H45ClN4O7. The van der Waals surface area contributed by atoms with Crippen LogP contribution in [-0.2, 0) is 23.9 Å². The largest absolute Gasteiger partial charge is 0.481 e. The predicted octanol–water partition coefficient (Wildman–Crippen LogP) is 7.02. The van der Waals surface area contributed by atoms with E-state index in [2.05, 4.69) is 28.1 Å². The van der Waals surface area contributed by atoms with Gasteiger partial charge in [-0.3, -0.25) is 19.2 Å². The summed E-state index contributed by atoms with van der Waals surface area (Å²) in [4.78, 5) is 67.6. The van der Waals surface area contributed by atoms with Crippen LogP contribution in [0.3, 0.4) is 0 Å². The highest BCUT2D eigenvalue weighted by Crippen LogP contribution is 2.51. The van der Waals surface area contributed by atoms with Gasteiger partial charge >= 0.3 is 12.1 Å². The normalized spacial score (nSPS) is 20.8. The number of carbonyl (C=O) groups excluding carboxylic acids is 4. The van der Waals surface area contributed by atoms with Crippen molar-refractivity contribution < 1.29 is 33.8 Å². The lowest BCUT2D eigenvalue weighted by atomic mass is 9.62. The number of alkyl carbamates (subject to hydrolysis) is 1. The zero-order chi connectivity index (χ0) is 39.2. The van der Waals surface area contributed by atoms with Crippen molar-refractivity contribution in [2.24, 2.45) is 17.3 Å². The minimum absolute atomic E-state index is 0.0938. The van der Waals surface area contributed by atoms with E-state index in [0.717, 1.165) is 38.6 Å². The van der Waals surface area contributed by atoms with Crippen molar-refractivity contribution in [2.75, 3.05) is 29.2 Å². The number of rotatable bonds is 11. The highest BCUT2D eigenvalue weighted by Gasteiger charge is 2.52. The van der Waals surface area contributed by atoms with Crippen molar-refractivity contribution in [3.63, 3.8) is 0 Å². The quantitative estimate of drug-likeness (QED) is 0.120.